The van der Waals surface area contributed by atoms with Gasteiger partial charge in [0.25, 0.3) is 26.1 Å². The highest BCUT2D eigenvalue weighted by molar-refractivity contribution is 7.86. The fraction of sp³-hybridized carbons (Fsp3) is 0.433. The predicted molar refractivity (Wildman–Crippen MR) is 183 cm³/mol. The molecule has 10 nitrogen and oxygen atoms in total. The van der Waals surface area contributed by atoms with E-state index in [9.17, 15) is 25.9 Å². The number of allylic oxidation sites excluding steroid dienone is 2. The molecule has 246 valence electrons. The lowest BCUT2D eigenvalue weighted by Crippen LogP contribution is -2.36. The van der Waals surface area contributed by atoms with Gasteiger partial charge >= 0.3 is 0 Å². The van der Waals surface area contributed by atoms with E-state index in [-0.39, 0.29) is 17.9 Å². The summed E-state index contributed by atoms with van der Waals surface area (Å²) in [4.78, 5) is 4.28. The quantitative estimate of drug-likeness (QED) is 0.107. The van der Waals surface area contributed by atoms with Crippen LogP contribution in [0, 0.1) is 6.92 Å². The summed E-state index contributed by atoms with van der Waals surface area (Å²) in [6.07, 6.45) is 7.56. The first-order chi connectivity index (χ1) is 21.1. The van der Waals surface area contributed by atoms with Gasteiger partial charge in [0.2, 0.25) is 0 Å². The zero-order chi connectivity index (χ0) is 33.1. The summed E-state index contributed by atoms with van der Waals surface area (Å²) < 4.78 is 67.7. The average Bonchev–Trinajstić information content (AvgIpc) is 3.38. The molecule has 0 fully saturated rings. The van der Waals surface area contributed by atoms with Crippen molar-refractivity contribution in [2.24, 2.45) is 0 Å². The SMILES string of the molecule is CCN1/C(=C\C=C\c2n(CC)c3cc(Cl)c(Cl)cc3[n+]2CCCCS(=O)(=O)O)N(CCCCS(=O)(=O)O)c2cc(C)c(Cl)cc21. The van der Waals surface area contributed by atoms with Gasteiger partial charge in [0.1, 0.15) is 5.82 Å². The lowest BCUT2D eigenvalue weighted by Gasteiger charge is -2.24. The first kappa shape index (κ1) is 35.5. The molecular weight excluding hydrogens is 683 g/mol. The molecule has 15 heteroatoms. The second-order valence-corrected chi connectivity index (χ2v) is 15.2. The molecule has 2 aromatic carbocycles. The van der Waals surface area contributed by atoms with Crippen LogP contribution >= 0.6 is 34.8 Å². The minimum absolute atomic E-state index is 0.289. The van der Waals surface area contributed by atoms with Gasteiger partial charge in [-0.05, 0) is 70.2 Å². The molecular formula is C30H38Cl3N4O6S2+. The molecule has 1 aromatic heterocycles. The van der Waals surface area contributed by atoms with E-state index in [1.165, 1.54) is 0 Å². The average molecular weight is 721 g/mol. The van der Waals surface area contributed by atoms with E-state index in [4.69, 9.17) is 34.8 Å². The van der Waals surface area contributed by atoms with E-state index >= 15 is 0 Å². The van der Waals surface area contributed by atoms with Crippen molar-refractivity contribution in [2.75, 3.05) is 34.4 Å². The van der Waals surface area contributed by atoms with Crippen LogP contribution in [-0.4, -0.2) is 55.1 Å². The molecule has 45 heavy (non-hydrogen) atoms. The number of hydrogen-bond donors (Lipinski definition) is 2. The molecule has 1 aliphatic heterocycles. The molecule has 0 saturated carbocycles. The summed E-state index contributed by atoms with van der Waals surface area (Å²) in [5, 5.41) is 1.48. The van der Waals surface area contributed by atoms with Crippen molar-refractivity contribution in [1.82, 2.24) is 4.57 Å². The lowest BCUT2D eigenvalue weighted by molar-refractivity contribution is -0.674. The number of anilines is 2. The highest BCUT2D eigenvalue weighted by Gasteiger charge is 2.31. The third kappa shape index (κ3) is 8.54. The Bertz CT molecular complexity index is 1860. The van der Waals surface area contributed by atoms with Crippen molar-refractivity contribution in [3.8, 4) is 0 Å². The first-order valence-corrected chi connectivity index (χ1v) is 19.0. The highest BCUT2D eigenvalue weighted by Crippen LogP contribution is 2.44. The van der Waals surface area contributed by atoms with Gasteiger partial charge in [-0.15, -0.1) is 0 Å². The number of fused-ring (bicyclic) bond motifs is 2. The molecule has 0 bridgehead atoms. The van der Waals surface area contributed by atoms with Gasteiger partial charge in [0, 0.05) is 36.3 Å². The largest absolute Gasteiger partial charge is 0.326 e. The Morgan fingerprint density at radius 1 is 0.800 bits per heavy atom. The molecule has 0 amide bonds. The third-order valence-electron chi connectivity index (χ3n) is 7.73. The van der Waals surface area contributed by atoms with Gasteiger partial charge in [0.15, 0.2) is 11.0 Å². The highest BCUT2D eigenvalue weighted by atomic mass is 35.5. The Kier molecular flexibility index (Phi) is 11.5. The number of nitrogens with zero attached hydrogens (tertiary/aromatic N) is 4. The monoisotopic (exact) mass is 719 g/mol. The van der Waals surface area contributed by atoms with Gasteiger partial charge in [-0.2, -0.15) is 16.8 Å². The fourth-order valence-electron chi connectivity index (χ4n) is 5.66. The van der Waals surface area contributed by atoms with Gasteiger partial charge in [-0.1, -0.05) is 40.9 Å². The van der Waals surface area contributed by atoms with Crippen LogP contribution in [0.25, 0.3) is 17.1 Å². The minimum atomic E-state index is -4.06. The second-order valence-electron chi connectivity index (χ2n) is 10.9. The van der Waals surface area contributed by atoms with Crippen molar-refractivity contribution in [3.05, 3.63) is 68.7 Å². The molecule has 4 rings (SSSR count). The van der Waals surface area contributed by atoms with Crippen LogP contribution < -0.4 is 14.4 Å². The number of aromatic nitrogens is 2. The minimum Gasteiger partial charge on any atom is -0.326 e. The maximum atomic E-state index is 11.3. The van der Waals surface area contributed by atoms with Crippen LogP contribution in [0.2, 0.25) is 15.1 Å². The van der Waals surface area contributed by atoms with Crippen LogP contribution in [0.4, 0.5) is 11.4 Å². The van der Waals surface area contributed by atoms with Crippen molar-refractivity contribution < 1.29 is 30.5 Å². The number of aryl methyl sites for hydroxylation is 3. The Balaban J connectivity index is 1.75. The van der Waals surface area contributed by atoms with Crippen LogP contribution in [-0.2, 0) is 33.3 Å². The van der Waals surface area contributed by atoms with Crippen LogP contribution in [0.1, 0.15) is 50.9 Å². The van der Waals surface area contributed by atoms with Crippen LogP contribution in [0.15, 0.2) is 42.2 Å². The summed E-state index contributed by atoms with van der Waals surface area (Å²) in [6.45, 7) is 8.30. The number of rotatable bonds is 14. The Morgan fingerprint density at radius 2 is 1.42 bits per heavy atom. The molecule has 0 atom stereocenters. The predicted octanol–water partition coefficient (Wildman–Crippen LogP) is 6.75. The number of halogens is 3. The topological polar surface area (TPSA) is 124 Å². The summed E-state index contributed by atoms with van der Waals surface area (Å²) in [7, 11) is -8.10. The van der Waals surface area contributed by atoms with E-state index < -0.39 is 20.2 Å². The number of unbranched alkanes of at least 4 members (excludes halogenated alkanes) is 2. The summed E-state index contributed by atoms with van der Waals surface area (Å²) in [5.41, 5.74) is 4.56. The first-order valence-electron chi connectivity index (χ1n) is 14.7. The molecule has 2 N–H and O–H groups in total. The summed E-state index contributed by atoms with van der Waals surface area (Å²) >= 11 is 19.3. The fourth-order valence-corrected chi connectivity index (χ4v) is 7.27. The summed E-state index contributed by atoms with van der Waals surface area (Å²) in [5.74, 6) is 1.12. The lowest BCUT2D eigenvalue weighted by atomic mass is 10.1. The second kappa shape index (κ2) is 14.6. The van der Waals surface area contributed by atoms with Crippen LogP contribution in [0.5, 0.6) is 0 Å². The Morgan fingerprint density at radius 3 is 2.04 bits per heavy atom. The van der Waals surface area contributed by atoms with Crippen molar-refractivity contribution in [3.63, 3.8) is 0 Å². The van der Waals surface area contributed by atoms with Crippen molar-refractivity contribution >= 4 is 83.5 Å². The van der Waals surface area contributed by atoms with E-state index in [1.807, 2.05) is 57.2 Å². The molecule has 0 aliphatic carbocycles. The van der Waals surface area contributed by atoms with Gasteiger partial charge in [-0.25, -0.2) is 9.13 Å². The Labute approximate surface area is 280 Å². The number of hydrogen-bond acceptors (Lipinski definition) is 6. The number of imidazole rings is 1. The Hall–Kier alpha value is -2.32. The van der Waals surface area contributed by atoms with Crippen LogP contribution in [0.3, 0.4) is 0 Å². The summed E-state index contributed by atoms with van der Waals surface area (Å²) in [6, 6.07) is 7.59. The van der Waals surface area contributed by atoms with Crippen molar-refractivity contribution in [1.29, 1.82) is 0 Å². The van der Waals surface area contributed by atoms with E-state index in [0.29, 0.717) is 60.5 Å². The standard InChI is InChI=1S/C30H37Cl3N4O6S2/c1-4-34-26-18-22(31)21(3)17-25(26)36(13-6-8-15-44(38,39)40)29(34)11-10-12-30-35(5-2)27-19-23(32)24(33)20-28(27)37(30)14-7-9-16-45(41,42)43/h10-12,17-20H,4-9,13-16H2,1-3H3,(H-,38,39,40,41,42,43)/p+1. The maximum Gasteiger partial charge on any atom is 0.282 e. The van der Waals surface area contributed by atoms with E-state index in [2.05, 4.69) is 18.9 Å². The molecule has 0 saturated heterocycles. The van der Waals surface area contributed by atoms with E-state index in [0.717, 1.165) is 39.6 Å². The third-order valence-corrected chi connectivity index (χ3v) is 10.5. The zero-order valence-electron chi connectivity index (χ0n) is 25.4. The molecule has 2 heterocycles. The maximum absolute atomic E-state index is 11.3. The van der Waals surface area contributed by atoms with Gasteiger partial charge in [-0.3, -0.25) is 9.11 Å². The molecule has 1 aliphatic rings. The number of benzene rings is 2. The van der Waals surface area contributed by atoms with Crippen molar-refractivity contribution in [2.45, 2.75) is 59.5 Å². The molecule has 0 unspecified atom stereocenters. The smallest absolute Gasteiger partial charge is 0.282 e. The van der Waals surface area contributed by atoms with Gasteiger partial charge < -0.3 is 9.80 Å². The van der Waals surface area contributed by atoms with Gasteiger partial charge in [0.05, 0.1) is 46.0 Å². The zero-order valence-corrected chi connectivity index (χ0v) is 29.3. The molecule has 0 radical (unpaired) electrons. The molecule has 3 aromatic rings. The normalized spacial score (nSPS) is 14.9. The van der Waals surface area contributed by atoms with E-state index in [1.54, 1.807) is 6.07 Å². The molecule has 0 spiro atoms.